The summed E-state index contributed by atoms with van der Waals surface area (Å²) in [5.41, 5.74) is 4.01. The van der Waals surface area contributed by atoms with E-state index in [9.17, 15) is 0 Å². The smallest absolute Gasteiger partial charge is 0.138 e. The molecule has 0 amide bonds. The lowest BCUT2D eigenvalue weighted by Crippen LogP contribution is -2.02. The Kier molecular flexibility index (Phi) is 3.27. The van der Waals surface area contributed by atoms with Crippen LogP contribution in [0.2, 0.25) is 0 Å². The summed E-state index contributed by atoms with van der Waals surface area (Å²) in [6.45, 7) is 0.594. The molecule has 4 rings (SSSR count). The summed E-state index contributed by atoms with van der Waals surface area (Å²) in [6.07, 6.45) is 3.21. The zero-order valence-electron chi connectivity index (χ0n) is 12.6. The number of methoxy groups -OCH3 is 1. The topological polar surface area (TPSA) is 68.6 Å². The van der Waals surface area contributed by atoms with E-state index in [-0.39, 0.29) is 0 Å². The zero-order valence-corrected chi connectivity index (χ0v) is 12.6. The first-order valence-electron chi connectivity index (χ1n) is 7.28. The maximum Gasteiger partial charge on any atom is 0.138 e. The van der Waals surface area contributed by atoms with Gasteiger partial charge in [0.1, 0.15) is 24.2 Å². The number of hydrogen-bond acceptors (Lipinski definition) is 4. The first-order valence-corrected chi connectivity index (χ1v) is 7.28. The number of H-pyrrole nitrogens is 1. The quantitative estimate of drug-likeness (QED) is 0.629. The molecule has 6 nitrogen and oxygen atoms in total. The van der Waals surface area contributed by atoms with Crippen molar-refractivity contribution in [3.8, 4) is 17.1 Å². The van der Waals surface area contributed by atoms with Crippen molar-refractivity contribution < 1.29 is 4.74 Å². The highest BCUT2D eigenvalue weighted by atomic mass is 16.5. The Labute approximate surface area is 132 Å². The van der Waals surface area contributed by atoms with E-state index in [1.165, 1.54) is 6.33 Å². The van der Waals surface area contributed by atoms with E-state index < -0.39 is 0 Å². The van der Waals surface area contributed by atoms with Crippen LogP contribution in [0, 0.1) is 0 Å². The van der Waals surface area contributed by atoms with Crippen LogP contribution in [-0.4, -0.2) is 31.8 Å². The number of aromatic amines is 1. The standard InChI is InChI=1S/C17H15N5O/c1-23-16-7-6-12(8-13(16)9-22-11-18-10-19-22)17-20-14-4-2-3-5-15(14)21-17/h2-8,10-11H,9H2,1H3,(H,20,21). The summed E-state index contributed by atoms with van der Waals surface area (Å²) < 4.78 is 7.22. The van der Waals surface area contributed by atoms with Crippen LogP contribution in [0.1, 0.15) is 5.56 Å². The average Bonchev–Trinajstić information content (AvgIpc) is 3.23. The van der Waals surface area contributed by atoms with E-state index in [0.29, 0.717) is 6.54 Å². The molecule has 0 aliphatic carbocycles. The molecule has 2 aromatic heterocycles. The first-order chi connectivity index (χ1) is 11.3. The Hall–Kier alpha value is -3.15. The van der Waals surface area contributed by atoms with Crippen LogP contribution in [0.15, 0.2) is 55.1 Å². The van der Waals surface area contributed by atoms with Gasteiger partial charge >= 0.3 is 0 Å². The largest absolute Gasteiger partial charge is 0.496 e. The van der Waals surface area contributed by atoms with Gasteiger partial charge in [0.2, 0.25) is 0 Å². The van der Waals surface area contributed by atoms with Gasteiger partial charge in [0.05, 0.1) is 24.7 Å². The molecule has 1 N–H and O–H groups in total. The molecule has 2 heterocycles. The summed E-state index contributed by atoms with van der Waals surface area (Å²) >= 11 is 0. The molecule has 0 unspecified atom stereocenters. The normalized spacial score (nSPS) is 11.0. The zero-order chi connectivity index (χ0) is 15.6. The second-order valence-corrected chi connectivity index (χ2v) is 5.22. The van der Waals surface area contributed by atoms with Crippen molar-refractivity contribution in [2.75, 3.05) is 7.11 Å². The molecule has 0 aliphatic heterocycles. The second-order valence-electron chi connectivity index (χ2n) is 5.22. The Morgan fingerprint density at radius 1 is 1.17 bits per heavy atom. The number of benzene rings is 2. The number of nitrogens with zero attached hydrogens (tertiary/aromatic N) is 4. The molecule has 114 valence electrons. The number of hydrogen-bond donors (Lipinski definition) is 1. The Balaban J connectivity index is 1.76. The summed E-state index contributed by atoms with van der Waals surface area (Å²) in [5.74, 6) is 1.66. The number of rotatable bonds is 4. The molecule has 2 aromatic carbocycles. The molecule has 0 saturated heterocycles. The molecular formula is C17H15N5O. The Morgan fingerprint density at radius 2 is 2.09 bits per heavy atom. The average molecular weight is 305 g/mol. The van der Waals surface area contributed by atoms with Gasteiger partial charge in [0.15, 0.2) is 0 Å². The summed E-state index contributed by atoms with van der Waals surface area (Å²) in [4.78, 5) is 12.0. The van der Waals surface area contributed by atoms with Gasteiger partial charge in [-0.25, -0.2) is 14.6 Å². The molecule has 4 aromatic rings. The van der Waals surface area contributed by atoms with E-state index in [4.69, 9.17) is 4.74 Å². The maximum atomic E-state index is 5.45. The monoisotopic (exact) mass is 305 g/mol. The van der Waals surface area contributed by atoms with Gasteiger partial charge in [-0.15, -0.1) is 0 Å². The van der Waals surface area contributed by atoms with Crippen molar-refractivity contribution in [2.45, 2.75) is 6.54 Å². The molecule has 0 spiro atoms. The number of imidazole rings is 1. The van der Waals surface area contributed by atoms with Crippen molar-refractivity contribution in [3.05, 3.63) is 60.7 Å². The SMILES string of the molecule is COc1ccc(-c2nc3ccccc3[nH]2)cc1Cn1cncn1. The molecule has 23 heavy (non-hydrogen) atoms. The number of aromatic nitrogens is 5. The van der Waals surface area contributed by atoms with Crippen molar-refractivity contribution in [3.63, 3.8) is 0 Å². The third kappa shape index (κ3) is 2.55. The van der Waals surface area contributed by atoms with E-state index in [0.717, 1.165) is 33.7 Å². The lowest BCUT2D eigenvalue weighted by Gasteiger charge is -2.10. The summed E-state index contributed by atoms with van der Waals surface area (Å²) in [5, 5.41) is 4.15. The minimum Gasteiger partial charge on any atom is -0.496 e. The van der Waals surface area contributed by atoms with E-state index in [1.807, 2.05) is 36.4 Å². The predicted molar refractivity (Wildman–Crippen MR) is 87.2 cm³/mol. The van der Waals surface area contributed by atoms with Gasteiger partial charge in [0, 0.05) is 11.1 Å². The summed E-state index contributed by atoms with van der Waals surface area (Å²) in [7, 11) is 1.67. The fourth-order valence-corrected chi connectivity index (χ4v) is 2.63. The third-order valence-electron chi connectivity index (χ3n) is 3.74. The molecule has 6 heteroatoms. The van der Waals surface area contributed by atoms with Crippen LogP contribution >= 0.6 is 0 Å². The van der Waals surface area contributed by atoms with Crippen LogP contribution in [0.3, 0.4) is 0 Å². The first kappa shape index (κ1) is 13.5. The van der Waals surface area contributed by atoms with Crippen LogP contribution in [0.5, 0.6) is 5.75 Å². The highest BCUT2D eigenvalue weighted by Gasteiger charge is 2.10. The van der Waals surface area contributed by atoms with Gasteiger partial charge in [-0.3, -0.25) is 0 Å². The van der Waals surface area contributed by atoms with Gasteiger partial charge in [-0.05, 0) is 30.3 Å². The molecule has 0 bridgehead atoms. The lowest BCUT2D eigenvalue weighted by atomic mass is 10.1. The molecule has 0 radical (unpaired) electrons. The van der Waals surface area contributed by atoms with Crippen molar-refractivity contribution in [2.24, 2.45) is 0 Å². The number of fused-ring (bicyclic) bond motifs is 1. The molecular weight excluding hydrogens is 290 g/mol. The number of nitrogens with one attached hydrogen (secondary N) is 1. The fourth-order valence-electron chi connectivity index (χ4n) is 2.63. The molecule has 0 atom stereocenters. The van der Waals surface area contributed by atoms with Crippen LogP contribution < -0.4 is 4.74 Å². The highest BCUT2D eigenvalue weighted by Crippen LogP contribution is 2.27. The molecule has 0 aliphatic rings. The van der Waals surface area contributed by atoms with Gasteiger partial charge < -0.3 is 9.72 Å². The van der Waals surface area contributed by atoms with Crippen LogP contribution in [0.4, 0.5) is 0 Å². The predicted octanol–water partition coefficient (Wildman–Crippen LogP) is 2.88. The minimum absolute atomic E-state index is 0.594. The summed E-state index contributed by atoms with van der Waals surface area (Å²) in [6, 6.07) is 14.0. The van der Waals surface area contributed by atoms with Crippen LogP contribution in [-0.2, 0) is 6.54 Å². The van der Waals surface area contributed by atoms with Gasteiger partial charge in [-0.1, -0.05) is 12.1 Å². The van der Waals surface area contributed by atoms with Crippen molar-refractivity contribution >= 4 is 11.0 Å². The number of para-hydroxylation sites is 2. The van der Waals surface area contributed by atoms with E-state index in [1.54, 1.807) is 18.1 Å². The van der Waals surface area contributed by atoms with Gasteiger partial charge in [0.25, 0.3) is 0 Å². The van der Waals surface area contributed by atoms with Crippen molar-refractivity contribution in [1.29, 1.82) is 0 Å². The van der Waals surface area contributed by atoms with E-state index in [2.05, 4.69) is 26.1 Å². The van der Waals surface area contributed by atoms with E-state index >= 15 is 0 Å². The van der Waals surface area contributed by atoms with Crippen LogP contribution in [0.25, 0.3) is 22.4 Å². The Bertz CT molecular complexity index is 910. The third-order valence-corrected chi connectivity index (χ3v) is 3.74. The Morgan fingerprint density at radius 3 is 2.87 bits per heavy atom. The maximum absolute atomic E-state index is 5.45. The van der Waals surface area contributed by atoms with Gasteiger partial charge in [-0.2, -0.15) is 5.10 Å². The minimum atomic E-state index is 0.594. The lowest BCUT2D eigenvalue weighted by molar-refractivity contribution is 0.407. The fraction of sp³-hybridized carbons (Fsp3) is 0.118. The van der Waals surface area contributed by atoms with Crippen molar-refractivity contribution in [1.82, 2.24) is 24.7 Å². The molecule has 0 saturated carbocycles. The highest BCUT2D eigenvalue weighted by molar-refractivity contribution is 5.79. The number of ether oxygens (including phenoxy) is 1. The molecule has 0 fully saturated rings. The second kappa shape index (κ2) is 5.57.